The van der Waals surface area contributed by atoms with Gasteiger partial charge >= 0.3 is 0 Å². The SMILES string of the molecule is CCCCN1C(=O)CCC12CC2. The number of unbranched alkanes of at least 4 members (excludes halogenated alkanes) is 1. The van der Waals surface area contributed by atoms with Crippen LogP contribution in [-0.2, 0) is 4.79 Å². The number of likely N-dealkylation sites (tertiary alicyclic amines) is 1. The number of carbonyl (C=O) groups excluding carboxylic acids is 1. The van der Waals surface area contributed by atoms with Crippen LogP contribution >= 0.6 is 0 Å². The van der Waals surface area contributed by atoms with Crippen LogP contribution in [-0.4, -0.2) is 22.9 Å². The van der Waals surface area contributed by atoms with Gasteiger partial charge in [-0.1, -0.05) is 13.3 Å². The van der Waals surface area contributed by atoms with Gasteiger partial charge in [-0.25, -0.2) is 0 Å². The van der Waals surface area contributed by atoms with Gasteiger partial charge in [0, 0.05) is 18.5 Å². The molecule has 0 radical (unpaired) electrons. The van der Waals surface area contributed by atoms with E-state index in [-0.39, 0.29) is 0 Å². The van der Waals surface area contributed by atoms with Gasteiger partial charge in [-0.3, -0.25) is 4.79 Å². The Morgan fingerprint density at radius 3 is 2.75 bits per heavy atom. The largest absolute Gasteiger partial charge is 0.337 e. The average molecular weight is 167 g/mol. The van der Waals surface area contributed by atoms with Crippen LogP contribution in [0, 0.1) is 0 Å². The first-order valence-corrected chi connectivity index (χ1v) is 5.09. The third kappa shape index (κ3) is 1.13. The van der Waals surface area contributed by atoms with Crippen LogP contribution < -0.4 is 0 Å². The lowest BCUT2D eigenvalue weighted by Gasteiger charge is -2.23. The molecule has 2 aliphatic rings. The zero-order valence-corrected chi connectivity index (χ0v) is 7.81. The second-order valence-electron chi connectivity index (χ2n) is 4.12. The second kappa shape index (κ2) is 2.75. The minimum absolute atomic E-state index is 0.367. The van der Waals surface area contributed by atoms with Crippen LogP contribution in [0.15, 0.2) is 0 Å². The van der Waals surface area contributed by atoms with E-state index in [0.29, 0.717) is 11.4 Å². The fourth-order valence-corrected chi connectivity index (χ4v) is 2.22. The molecular formula is C10H17NO. The molecule has 0 aromatic rings. The zero-order chi connectivity index (χ0) is 8.60. The highest BCUT2D eigenvalue weighted by atomic mass is 16.2. The summed E-state index contributed by atoms with van der Waals surface area (Å²) in [5.74, 6) is 0.404. The summed E-state index contributed by atoms with van der Waals surface area (Å²) in [5.41, 5.74) is 0.367. The molecule has 0 unspecified atom stereocenters. The summed E-state index contributed by atoms with van der Waals surface area (Å²) in [6.07, 6.45) is 6.84. The Morgan fingerprint density at radius 2 is 2.17 bits per heavy atom. The van der Waals surface area contributed by atoms with Crippen LogP contribution in [0.25, 0.3) is 0 Å². The minimum Gasteiger partial charge on any atom is -0.337 e. The van der Waals surface area contributed by atoms with E-state index in [1.807, 2.05) is 0 Å². The lowest BCUT2D eigenvalue weighted by Crippen LogP contribution is -2.35. The van der Waals surface area contributed by atoms with Crippen molar-refractivity contribution in [1.82, 2.24) is 4.90 Å². The highest BCUT2D eigenvalue weighted by molar-refractivity contribution is 5.80. The van der Waals surface area contributed by atoms with Crippen LogP contribution in [0.1, 0.15) is 45.4 Å². The van der Waals surface area contributed by atoms with E-state index in [4.69, 9.17) is 0 Å². The number of hydrogen-bond acceptors (Lipinski definition) is 1. The molecule has 0 N–H and O–H groups in total. The van der Waals surface area contributed by atoms with E-state index in [9.17, 15) is 4.79 Å². The fraction of sp³-hybridized carbons (Fsp3) is 0.900. The van der Waals surface area contributed by atoms with Gasteiger partial charge in [-0.15, -0.1) is 0 Å². The Bertz CT molecular complexity index is 196. The van der Waals surface area contributed by atoms with Gasteiger partial charge < -0.3 is 4.90 Å². The monoisotopic (exact) mass is 167 g/mol. The number of rotatable bonds is 3. The lowest BCUT2D eigenvalue weighted by molar-refractivity contribution is -0.129. The minimum atomic E-state index is 0.367. The molecule has 1 aliphatic heterocycles. The molecular weight excluding hydrogens is 150 g/mol. The van der Waals surface area contributed by atoms with Crippen molar-refractivity contribution in [3.8, 4) is 0 Å². The first-order valence-electron chi connectivity index (χ1n) is 5.09. The topological polar surface area (TPSA) is 20.3 Å². The second-order valence-corrected chi connectivity index (χ2v) is 4.12. The number of carbonyl (C=O) groups is 1. The van der Waals surface area contributed by atoms with E-state index in [1.54, 1.807) is 0 Å². The summed E-state index contributed by atoms with van der Waals surface area (Å²) < 4.78 is 0. The predicted molar refractivity (Wildman–Crippen MR) is 47.8 cm³/mol. The quantitative estimate of drug-likeness (QED) is 0.629. The molecule has 0 aromatic heterocycles. The van der Waals surface area contributed by atoms with Crippen LogP contribution in [0.2, 0.25) is 0 Å². The molecule has 1 spiro atoms. The highest BCUT2D eigenvalue weighted by Gasteiger charge is 2.53. The summed E-state index contributed by atoms with van der Waals surface area (Å²) in [7, 11) is 0. The van der Waals surface area contributed by atoms with Crippen molar-refractivity contribution in [2.75, 3.05) is 6.54 Å². The summed E-state index contributed by atoms with van der Waals surface area (Å²) in [6.45, 7) is 3.19. The number of amides is 1. The van der Waals surface area contributed by atoms with Gasteiger partial charge in [0.25, 0.3) is 0 Å². The van der Waals surface area contributed by atoms with Crippen molar-refractivity contribution < 1.29 is 4.79 Å². The zero-order valence-electron chi connectivity index (χ0n) is 7.81. The van der Waals surface area contributed by atoms with Gasteiger partial charge in [-0.2, -0.15) is 0 Å². The molecule has 12 heavy (non-hydrogen) atoms. The van der Waals surface area contributed by atoms with E-state index < -0.39 is 0 Å². The number of hydrogen-bond donors (Lipinski definition) is 0. The Balaban J connectivity index is 1.96. The predicted octanol–water partition coefficient (Wildman–Crippen LogP) is 1.94. The van der Waals surface area contributed by atoms with Crippen LogP contribution in [0.4, 0.5) is 0 Å². The van der Waals surface area contributed by atoms with Crippen molar-refractivity contribution in [1.29, 1.82) is 0 Å². The standard InChI is InChI=1S/C10H17NO/c1-2-3-8-11-9(12)4-5-10(11)6-7-10/h2-8H2,1H3. The highest BCUT2D eigenvalue weighted by Crippen LogP contribution is 2.49. The third-order valence-electron chi connectivity index (χ3n) is 3.24. The molecule has 1 aliphatic carbocycles. The molecule has 0 aromatic carbocycles. The van der Waals surface area contributed by atoms with Gasteiger partial charge in [0.1, 0.15) is 0 Å². The Kier molecular flexibility index (Phi) is 1.85. The normalized spacial score (nSPS) is 25.4. The van der Waals surface area contributed by atoms with Crippen molar-refractivity contribution in [2.24, 2.45) is 0 Å². The van der Waals surface area contributed by atoms with Crippen molar-refractivity contribution in [2.45, 2.75) is 51.0 Å². The maximum atomic E-state index is 11.5. The molecule has 68 valence electrons. The van der Waals surface area contributed by atoms with Gasteiger partial charge in [-0.05, 0) is 25.7 Å². The molecule has 0 bridgehead atoms. The molecule has 2 rings (SSSR count). The summed E-state index contributed by atoms with van der Waals surface area (Å²) in [4.78, 5) is 13.6. The van der Waals surface area contributed by atoms with Crippen molar-refractivity contribution in [3.63, 3.8) is 0 Å². The van der Waals surface area contributed by atoms with Gasteiger partial charge in [0.15, 0.2) is 0 Å². The maximum absolute atomic E-state index is 11.5. The van der Waals surface area contributed by atoms with E-state index in [2.05, 4.69) is 11.8 Å². The van der Waals surface area contributed by atoms with E-state index in [1.165, 1.54) is 25.7 Å². The van der Waals surface area contributed by atoms with Crippen molar-refractivity contribution in [3.05, 3.63) is 0 Å². The van der Waals surface area contributed by atoms with E-state index in [0.717, 1.165) is 19.4 Å². The Labute approximate surface area is 73.9 Å². The van der Waals surface area contributed by atoms with Crippen molar-refractivity contribution >= 4 is 5.91 Å². The summed E-state index contributed by atoms with van der Waals surface area (Å²) in [6, 6.07) is 0. The summed E-state index contributed by atoms with van der Waals surface area (Å²) in [5, 5.41) is 0. The lowest BCUT2D eigenvalue weighted by atomic mass is 10.2. The molecule has 1 saturated carbocycles. The third-order valence-corrected chi connectivity index (χ3v) is 3.24. The fourth-order valence-electron chi connectivity index (χ4n) is 2.22. The van der Waals surface area contributed by atoms with Crippen LogP contribution in [0.5, 0.6) is 0 Å². The molecule has 1 heterocycles. The van der Waals surface area contributed by atoms with Crippen LogP contribution in [0.3, 0.4) is 0 Å². The van der Waals surface area contributed by atoms with Gasteiger partial charge in [0.2, 0.25) is 5.91 Å². The molecule has 2 heteroatoms. The molecule has 0 atom stereocenters. The maximum Gasteiger partial charge on any atom is 0.223 e. The summed E-state index contributed by atoms with van der Waals surface area (Å²) >= 11 is 0. The first-order chi connectivity index (χ1) is 5.78. The van der Waals surface area contributed by atoms with Gasteiger partial charge in [0.05, 0.1) is 0 Å². The number of nitrogens with zero attached hydrogens (tertiary/aromatic N) is 1. The first kappa shape index (κ1) is 8.09. The molecule has 2 fully saturated rings. The molecule has 2 nitrogen and oxygen atoms in total. The molecule has 1 amide bonds. The molecule has 1 saturated heterocycles. The average Bonchev–Trinajstić information content (AvgIpc) is 2.76. The Morgan fingerprint density at radius 1 is 1.42 bits per heavy atom. The Hall–Kier alpha value is -0.530. The van der Waals surface area contributed by atoms with E-state index >= 15 is 0 Å². The smallest absolute Gasteiger partial charge is 0.223 e.